The Balaban J connectivity index is 1.03. The van der Waals surface area contributed by atoms with Gasteiger partial charge >= 0.3 is 0 Å². The van der Waals surface area contributed by atoms with Gasteiger partial charge in [0.2, 0.25) is 0 Å². The van der Waals surface area contributed by atoms with Crippen LogP contribution in [-0.2, 0) is 0 Å². The van der Waals surface area contributed by atoms with E-state index in [1.54, 1.807) is 0 Å². The van der Waals surface area contributed by atoms with Crippen molar-refractivity contribution in [2.75, 3.05) is 4.90 Å². The van der Waals surface area contributed by atoms with Crippen LogP contribution in [0, 0.1) is 0 Å². The SMILES string of the molecule is c1ccc(-c2ccc(-c3cc4c5ccccc5oc4c4c3c3ccccc3n4-c3ccc(N(c4ccc(-c5ccccc5)cc4)c4ccc(-c5ccccc5)cc4)cc3)cc2)cc1. The summed E-state index contributed by atoms with van der Waals surface area (Å²) in [5, 5.41) is 4.56. The molecule has 0 unspecified atom stereocenters. The first-order chi connectivity index (χ1) is 31.2. The molecule has 0 saturated carbocycles. The first-order valence-corrected chi connectivity index (χ1v) is 21.5. The van der Waals surface area contributed by atoms with Gasteiger partial charge in [-0.1, -0.05) is 176 Å². The summed E-state index contributed by atoms with van der Waals surface area (Å²) in [6.45, 7) is 0. The molecule has 0 atom stereocenters. The van der Waals surface area contributed by atoms with E-state index in [-0.39, 0.29) is 0 Å². The zero-order valence-corrected chi connectivity index (χ0v) is 34.4. The maximum Gasteiger partial charge on any atom is 0.160 e. The third-order valence-electron chi connectivity index (χ3n) is 12.4. The minimum atomic E-state index is 0.879. The van der Waals surface area contributed by atoms with E-state index in [1.165, 1.54) is 49.7 Å². The first-order valence-electron chi connectivity index (χ1n) is 21.5. The van der Waals surface area contributed by atoms with Crippen molar-refractivity contribution in [3.63, 3.8) is 0 Å². The van der Waals surface area contributed by atoms with E-state index in [0.29, 0.717) is 0 Å². The third kappa shape index (κ3) is 6.38. The summed E-state index contributed by atoms with van der Waals surface area (Å²) in [6, 6.07) is 86.9. The second kappa shape index (κ2) is 15.3. The second-order valence-corrected chi connectivity index (χ2v) is 16.1. The predicted molar refractivity (Wildman–Crippen MR) is 264 cm³/mol. The summed E-state index contributed by atoms with van der Waals surface area (Å²) in [6.07, 6.45) is 0. The second-order valence-electron chi connectivity index (χ2n) is 16.1. The monoisotopic (exact) mass is 804 g/mol. The van der Waals surface area contributed by atoms with Crippen molar-refractivity contribution in [1.29, 1.82) is 0 Å². The highest BCUT2D eigenvalue weighted by atomic mass is 16.3. The number of anilines is 3. The zero-order chi connectivity index (χ0) is 41.7. The highest BCUT2D eigenvalue weighted by Gasteiger charge is 2.23. The van der Waals surface area contributed by atoms with Crippen molar-refractivity contribution in [3.8, 4) is 50.2 Å². The number of nitrogens with zero attached hydrogens (tertiary/aromatic N) is 2. The zero-order valence-electron chi connectivity index (χ0n) is 34.4. The van der Waals surface area contributed by atoms with Crippen LogP contribution in [-0.4, -0.2) is 4.57 Å². The van der Waals surface area contributed by atoms with Crippen molar-refractivity contribution in [1.82, 2.24) is 4.57 Å². The van der Waals surface area contributed by atoms with Gasteiger partial charge in [0.05, 0.1) is 11.0 Å². The van der Waals surface area contributed by atoms with Crippen LogP contribution in [0.5, 0.6) is 0 Å². The van der Waals surface area contributed by atoms with Crippen LogP contribution in [0.1, 0.15) is 0 Å². The average Bonchev–Trinajstić information content (AvgIpc) is 3.92. The largest absolute Gasteiger partial charge is 0.454 e. The Kier molecular flexibility index (Phi) is 8.83. The van der Waals surface area contributed by atoms with E-state index in [4.69, 9.17) is 4.42 Å². The lowest BCUT2D eigenvalue weighted by molar-refractivity contribution is 0.671. The molecule has 0 radical (unpaired) electrons. The lowest BCUT2D eigenvalue weighted by Gasteiger charge is -2.26. The number of aromatic nitrogens is 1. The molecule has 3 nitrogen and oxygen atoms in total. The fourth-order valence-corrected chi connectivity index (χ4v) is 9.36. The number of hydrogen-bond donors (Lipinski definition) is 0. The minimum absolute atomic E-state index is 0.879. The molecule has 0 N–H and O–H groups in total. The van der Waals surface area contributed by atoms with E-state index in [0.717, 1.165) is 61.3 Å². The van der Waals surface area contributed by atoms with Crippen LogP contribution in [0.25, 0.3) is 93.9 Å². The maximum atomic E-state index is 6.86. The number of fused-ring (bicyclic) bond motifs is 7. The minimum Gasteiger partial charge on any atom is -0.454 e. The van der Waals surface area contributed by atoms with Gasteiger partial charge in [0, 0.05) is 44.3 Å². The number of furan rings is 1. The molecule has 10 aromatic carbocycles. The van der Waals surface area contributed by atoms with Crippen LogP contribution < -0.4 is 4.90 Å². The summed E-state index contributed by atoms with van der Waals surface area (Å²) >= 11 is 0. The Hall–Kier alpha value is -8.40. The smallest absolute Gasteiger partial charge is 0.160 e. The first kappa shape index (κ1) is 36.5. The Morgan fingerprint density at radius 2 is 0.746 bits per heavy atom. The molecule has 3 heteroatoms. The molecule has 0 amide bonds. The van der Waals surface area contributed by atoms with Gasteiger partial charge in [0.1, 0.15) is 5.58 Å². The molecule has 0 spiro atoms. The Bertz CT molecular complexity index is 3470. The normalized spacial score (nSPS) is 11.5. The number of hydrogen-bond acceptors (Lipinski definition) is 2. The Morgan fingerprint density at radius 3 is 1.29 bits per heavy atom. The standard InChI is InChI=1S/C60H40N2O/c1-4-14-41(15-5-1)44-24-26-47(27-25-44)54-40-55-52-20-11-13-23-57(52)63-60(55)59-58(54)53-21-10-12-22-56(53)62(59)51-38-36-50(37-39-51)61(48-32-28-45(29-33-48)42-16-6-2-7-17-42)49-34-30-46(31-35-49)43-18-8-3-9-19-43/h1-40H. The highest BCUT2D eigenvalue weighted by Crippen LogP contribution is 2.46. The van der Waals surface area contributed by atoms with Gasteiger partial charge in [-0.15, -0.1) is 0 Å². The van der Waals surface area contributed by atoms with Crippen LogP contribution in [0.4, 0.5) is 17.1 Å². The number of rotatable bonds is 8. The van der Waals surface area contributed by atoms with Crippen LogP contribution in [0.15, 0.2) is 247 Å². The topological polar surface area (TPSA) is 21.3 Å². The fourth-order valence-electron chi connectivity index (χ4n) is 9.36. The van der Waals surface area contributed by atoms with Crippen molar-refractivity contribution in [2.45, 2.75) is 0 Å². The molecule has 0 fully saturated rings. The van der Waals surface area contributed by atoms with Crippen LogP contribution >= 0.6 is 0 Å². The van der Waals surface area contributed by atoms with Gasteiger partial charge in [-0.25, -0.2) is 0 Å². The van der Waals surface area contributed by atoms with Gasteiger partial charge in [-0.05, 0) is 111 Å². The van der Waals surface area contributed by atoms with Gasteiger partial charge in [-0.2, -0.15) is 0 Å². The summed E-state index contributed by atoms with van der Waals surface area (Å²) < 4.78 is 9.25. The van der Waals surface area contributed by atoms with Crippen LogP contribution in [0.3, 0.4) is 0 Å². The van der Waals surface area contributed by atoms with Gasteiger partial charge < -0.3 is 13.9 Å². The van der Waals surface area contributed by atoms with E-state index in [1.807, 2.05) is 0 Å². The summed E-state index contributed by atoms with van der Waals surface area (Å²) in [5.74, 6) is 0. The molecule has 2 heterocycles. The molecule has 12 rings (SSSR count). The number of para-hydroxylation sites is 2. The van der Waals surface area contributed by atoms with Gasteiger partial charge in [0.15, 0.2) is 5.58 Å². The molecular weight excluding hydrogens is 765 g/mol. The van der Waals surface area contributed by atoms with Crippen molar-refractivity contribution >= 4 is 60.8 Å². The molecule has 0 aliphatic carbocycles. The average molecular weight is 805 g/mol. The Morgan fingerprint density at radius 1 is 0.333 bits per heavy atom. The molecule has 2 aromatic heterocycles. The summed E-state index contributed by atoms with van der Waals surface area (Å²) in [4.78, 5) is 2.34. The molecule has 0 aliphatic heterocycles. The van der Waals surface area contributed by atoms with Gasteiger partial charge in [0.25, 0.3) is 0 Å². The molecule has 296 valence electrons. The fraction of sp³-hybridized carbons (Fsp3) is 0. The molecule has 0 bridgehead atoms. The van der Waals surface area contributed by atoms with Crippen molar-refractivity contribution in [3.05, 3.63) is 243 Å². The maximum absolute atomic E-state index is 6.86. The summed E-state index contributed by atoms with van der Waals surface area (Å²) in [5.41, 5.74) is 17.7. The van der Waals surface area contributed by atoms with E-state index in [2.05, 4.69) is 252 Å². The van der Waals surface area contributed by atoms with E-state index >= 15 is 0 Å². The quantitative estimate of drug-likeness (QED) is 0.153. The molecule has 12 aromatic rings. The Labute approximate surface area is 366 Å². The predicted octanol–water partition coefficient (Wildman–Crippen LogP) is 16.8. The van der Waals surface area contributed by atoms with E-state index in [9.17, 15) is 0 Å². The molecule has 0 saturated heterocycles. The summed E-state index contributed by atoms with van der Waals surface area (Å²) in [7, 11) is 0. The molecular formula is C60H40N2O. The highest BCUT2D eigenvalue weighted by molar-refractivity contribution is 6.26. The van der Waals surface area contributed by atoms with Crippen molar-refractivity contribution < 1.29 is 4.42 Å². The number of benzene rings is 10. The lowest BCUT2D eigenvalue weighted by atomic mass is 9.95. The van der Waals surface area contributed by atoms with Crippen LogP contribution in [0.2, 0.25) is 0 Å². The lowest BCUT2D eigenvalue weighted by Crippen LogP contribution is -2.10. The molecule has 0 aliphatic rings. The molecule has 63 heavy (non-hydrogen) atoms. The van der Waals surface area contributed by atoms with E-state index < -0.39 is 0 Å². The third-order valence-corrected chi connectivity index (χ3v) is 12.4. The van der Waals surface area contributed by atoms with Crippen molar-refractivity contribution in [2.24, 2.45) is 0 Å². The van der Waals surface area contributed by atoms with Gasteiger partial charge in [-0.3, -0.25) is 0 Å².